The van der Waals surface area contributed by atoms with Crippen LogP contribution in [-0.4, -0.2) is 32.3 Å². The highest BCUT2D eigenvalue weighted by Gasteiger charge is 2.54. The molecule has 2 aromatic heterocycles. The molecular weight excluding hydrogens is 402 g/mol. The van der Waals surface area contributed by atoms with E-state index in [1.807, 2.05) is 54.6 Å². The van der Waals surface area contributed by atoms with E-state index in [-0.39, 0.29) is 17.5 Å². The van der Waals surface area contributed by atoms with Crippen LogP contribution in [0, 0.1) is 5.41 Å². The lowest BCUT2D eigenvalue weighted by Gasteiger charge is -2.57. The third-order valence-corrected chi connectivity index (χ3v) is 7.10. The second-order valence-corrected chi connectivity index (χ2v) is 9.22. The van der Waals surface area contributed by atoms with E-state index in [0.29, 0.717) is 22.3 Å². The van der Waals surface area contributed by atoms with Gasteiger partial charge in [0.1, 0.15) is 0 Å². The maximum atomic E-state index is 12.8. The normalized spacial score (nSPS) is 24.1. The fourth-order valence-electron chi connectivity index (χ4n) is 5.56. The molecule has 2 saturated carbocycles. The van der Waals surface area contributed by atoms with Crippen molar-refractivity contribution in [3.63, 3.8) is 0 Å². The minimum absolute atomic E-state index is 0.0321. The molecule has 0 unspecified atom stereocenters. The molecule has 0 saturated heterocycles. The van der Waals surface area contributed by atoms with Gasteiger partial charge in [-0.25, -0.2) is 5.10 Å². The summed E-state index contributed by atoms with van der Waals surface area (Å²) in [4.78, 5) is 24.8. The fourth-order valence-corrected chi connectivity index (χ4v) is 5.56. The van der Waals surface area contributed by atoms with Crippen LogP contribution in [0.25, 0.3) is 22.0 Å². The van der Waals surface area contributed by atoms with Crippen molar-refractivity contribution in [3.05, 3.63) is 82.4 Å². The van der Waals surface area contributed by atoms with Gasteiger partial charge in [0.2, 0.25) is 0 Å². The topological polar surface area (TPSA) is 104 Å². The van der Waals surface area contributed by atoms with Crippen LogP contribution >= 0.6 is 0 Å². The number of hydrogen-bond donors (Lipinski definition) is 3. The molecule has 2 aliphatic rings. The highest BCUT2D eigenvalue weighted by atomic mass is 16.1. The molecular formula is C25H23N5O2. The van der Waals surface area contributed by atoms with Crippen LogP contribution in [0.15, 0.2) is 65.6 Å². The number of nitrogens with zero attached hydrogens (tertiary/aromatic N) is 2. The van der Waals surface area contributed by atoms with Gasteiger partial charge >= 0.3 is 0 Å². The fraction of sp³-hybridized carbons (Fsp3) is 0.280. The molecule has 2 heterocycles. The molecule has 3 N–H and O–H groups in total. The van der Waals surface area contributed by atoms with Gasteiger partial charge in [-0.15, -0.1) is 0 Å². The molecule has 0 aliphatic heterocycles. The van der Waals surface area contributed by atoms with Crippen LogP contribution in [-0.2, 0) is 0 Å². The van der Waals surface area contributed by atoms with Crippen LogP contribution < -0.4 is 10.9 Å². The highest BCUT2D eigenvalue weighted by Crippen LogP contribution is 2.62. The SMILES string of the molecule is O=C(NC1CC2(C1)CC(c1n[nH]c(=O)c3ccccc13)C2)c1cccc(-c2ccn[nH]2)c1. The quantitative estimate of drug-likeness (QED) is 0.463. The molecule has 0 bridgehead atoms. The summed E-state index contributed by atoms with van der Waals surface area (Å²) in [7, 11) is 0. The van der Waals surface area contributed by atoms with Crippen molar-refractivity contribution in [3.8, 4) is 11.3 Å². The van der Waals surface area contributed by atoms with E-state index in [1.165, 1.54) is 0 Å². The Kier molecular flexibility index (Phi) is 4.24. The smallest absolute Gasteiger partial charge is 0.272 e. The lowest BCUT2D eigenvalue weighted by atomic mass is 9.49. The Morgan fingerprint density at radius 1 is 0.969 bits per heavy atom. The van der Waals surface area contributed by atoms with Gasteiger partial charge in [-0.3, -0.25) is 14.7 Å². The highest BCUT2D eigenvalue weighted by molar-refractivity contribution is 5.95. The van der Waals surface area contributed by atoms with Crippen LogP contribution in [0.3, 0.4) is 0 Å². The van der Waals surface area contributed by atoms with Crippen molar-refractivity contribution in [2.75, 3.05) is 0 Å². The molecule has 0 atom stereocenters. The van der Waals surface area contributed by atoms with Crippen molar-refractivity contribution < 1.29 is 4.79 Å². The van der Waals surface area contributed by atoms with Crippen molar-refractivity contribution >= 4 is 16.7 Å². The first-order valence-corrected chi connectivity index (χ1v) is 11.0. The predicted octanol–water partition coefficient (Wildman–Crippen LogP) is 3.77. The molecule has 160 valence electrons. The van der Waals surface area contributed by atoms with Gasteiger partial charge in [0.15, 0.2) is 0 Å². The zero-order valence-electron chi connectivity index (χ0n) is 17.5. The number of amides is 1. The Morgan fingerprint density at radius 2 is 1.78 bits per heavy atom. The maximum Gasteiger partial charge on any atom is 0.272 e. The van der Waals surface area contributed by atoms with Gasteiger partial charge in [-0.05, 0) is 55.4 Å². The molecule has 7 heteroatoms. The van der Waals surface area contributed by atoms with Crippen LogP contribution in [0.5, 0.6) is 0 Å². The van der Waals surface area contributed by atoms with Crippen molar-refractivity contribution in [1.29, 1.82) is 0 Å². The third kappa shape index (κ3) is 3.12. The van der Waals surface area contributed by atoms with Gasteiger partial charge in [0, 0.05) is 34.7 Å². The van der Waals surface area contributed by atoms with E-state index in [4.69, 9.17) is 0 Å². The second-order valence-electron chi connectivity index (χ2n) is 9.22. The summed E-state index contributed by atoms with van der Waals surface area (Å²) in [5.74, 6) is 0.329. The Balaban J connectivity index is 1.09. The molecule has 0 radical (unpaired) electrons. The lowest BCUT2D eigenvalue weighted by molar-refractivity contribution is -0.0196. The average Bonchev–Trinajstić information content (AvgIpc) is 3.30. The second kappa shape index (κ2) is 7.15. The Hall–Kier alpha value is -3.74. The van der Waals surface area contributed by atoms with E-state index < -0.39 is 0 Å². The average molecular weight is 425 g/mol. The minimum atomic E-state index is -0.138. The van der Waals surface area contributed by atoms with E-state index >= 15 is 0 Å². The number of rotatable bonds is 4. The zero-order chi connectivity index (χ0) is 21.7. The van der Waals surface area contributed by atoms with E-state index in [2.05, 4.69) is 25.7 Å². The van der Waals surface area contributed by atoms with Crippen LogP contribution in [0.1, 0.15) is 47.7 Å². The molecule has 2 aromatic carbocycles. The van der Waals surface area contributed by atoms with Gasteiger partial charge in [0.05, 0.1) is 16.8 Å². The number of carbonyl (C=O) groups excluding carboxylic acids is 1. The predicted molar refractivity (Wildman–Crippen MR) is 121 cm³/mol. The van der Waals surface area contributed by atoms with Gasteiger partial charge < -0.3 is 5.32 Å². The largest absolute Gasteiger partial charge is 0.349 e. The summed E-state index contributed by atoms with van der Waals surface area (Å²) in [6.45, 7) is 0. The van der Waals surface area contributed by atoms with E-state index in [0.717, 1.165) is 48.0 Å². The van der Waals surface area contributed by atoms with Gasteiger partial charge in [-0.1, -0.05) is 30.3 Å². The molecule has 32 heavy (non-hydrogen) atoms. The molecule has 2 fully saturated rings. The Labute approximate surface area is 184 Å². The molecule has 6 rings (SSSR count). The first-order chi connectivity index (χ1) is 15.6. The lowest BCUT2D eigenvalue weighted by Crippen LogP contribution is -2.55. The number of aromatic nitrogens is 4. The van der Waals surface area contributed by atoms with Gasteiger partial charge in [-0.2, -0.15) is 10.2 Å². The summed E-state index contributed by atoms with van der Waals surface area (Å²) in [5.41, 5.74) is 3.65. The van der Waals surface area contributed by atoms with Crippen molar-refractivity contribution in [2.24, 2.45) is 5.41 Å². The number of nitrogens with one attached hydrogen (secondary N) is 3. The summed E-state index contributed by atoms with van der Waals surface area (Å²) in [6.07, 6.45) is 5.80. The summed E-state index contributed by atoms with van der Waals surface area (Å²) in [5, 5.41) is 18.8. The van der Waals surface area contributed by atoms with Crippen LogP contribution in [0.4, 0.5) is 0 Å². The third-order valence-electron chi connectivity index (χ3n) is 7.10. The van der Waals surface area contributed by atoms with Crippen molar-refractivity contribution in [2.45, 2.75) is 37.6 Å². The standard InChI is InChI=1S/C25H23N5O2/c31-23(16-5-3-4-15(10-16)21-8-9-26-28-21)27-18-13-25(14-18)11-17(12-25)22-19-6-1-2-7-20(19)24(32)30-29-22/h1-10,17-18H,11-14H2,(H,26,28)(H,27,31)(H,30,32). The number of hydrogen-bond acceptors (Lipinski definition) is 4. The maximum absolute atomic E-state index is 12.8. The summed E-state index contributed by atoms with van der Waals surface area (Å²) in [6, 6.07) is 17.4. The molecule has 1 spiro atoms. The molecule has 2 aliphatic carbocycles. The number of H-pyrrole nitrogens is 2. The minimum Gasteiger partial charge on any atom is -0.349 e. The number of carbonyl (C=O) groups is 1. The molecule has 4 aromatic rings. The summed E-state index contributed by atoms with van der Waals surface area (Å²) < 4.78 is 0. The summed E-state index contributed by atoms with van der Waals surface area (Å²) >= 11 is 0. The molecule has 1 amide bonds. The zero-order valence-corrected chi connectivity index (χ0v) is 17.5. The Bertz CT molecular complexity index is 1360. The number of benzene rings is 2. The van der Waals surface area contributed by atoms with Crippen LogP contribution in [0.2, 0.25) is 0 Å². The van der Waals surface area contributed by atoms with E-state index in [9.17, 15) is 9.59 Å². The Morgan fingerprint density at radius 3 is 2.56 bits per heavy atom. The van der Waals surface area contributed by atoms with Gasteiger partial charge in [0.25, 0.3) is 11.5 Å². The first kappa shape index (κ1) is 19.0. The number of fused-ring (bicyclic) bond motifs is 1. The van der Waals surface area contributed by atoms with Crippen molar-refractivity contribution in [1.82, 2.24) is 25.7 Å². The van der Waals surface area contributed by atoms with E-state index in [1.54, 1.807) is 6.20 Å². The number of aromatic amines is 2. The monoisotopic (exact) mass is 425 g/mol. The first-order valence-electron chi connectivity index (χ1n) is 11.0. The molecule has 7 nitrogen and oxygen atoms in total.